The first-order valence-electron chi connectivity index (χ1n) is 8.78. The second-order valence-corrected chi connectivity index (χ2v) is 6.67. The first kappa shape index (κ1) is 17.9. The van der Waals surface area contributed by atoms with Crippen LogP contribution in [0.1, 0.15) is 51.4 Å². The smallest absolute Gasteiger partial charge is 0.274 e. The van der Waals surface area contributed by atoms with Crippen molar-refractivity contribution in [3.05, 3.63) is 82.2 Å². The van der Waals surface area contributed by atoms with Crippen molar-refractivity contribution in [1.29, 1.82) is 0 Å². The second kappa shape index (κ2) is 7.52. The maximum atomic E-state index is 12.7. The lowest BCUT2D eigenvalue weighted by Gasteiger charge is -2.18. The van der Waals surface area contributed by atoms with E-state index in [0.717, 1.165) is 16.8 Å². The lowest BCUT2D eigenvalue weighted by atomic mass is 9.97. The Morgan fingerprint density at radius 1 is 1.04 bits per heavy atom. The van der Waals surface area contributed by atoms with Crippen LogP contribution in [-0.2, 0) is 6.54 Å². The van der Waals surface area contributed by atoms with Crippen molar-refractivity contribution in [3.8, 4) is 0 Å². The summed E-state index contributed by atoms with van der Waals surface area (Å²) in [4.78, 5) is 12.7. The Hall–Kier alpha value is -2.95. The number of nitrogens with zero attached hydrogens (tertiary/aromatic N) is 3. The number of hydrogen-bond donors (Lipinski definition) is 1. The number of amides is 1. The molecule has 0 saturated carbocycles. The van der Waals surface area contributed by atoms with Gasteiger partial charge in [-0.2, -0.15) is 0 Å². The molecule has 0 spiro atoms. The summed E-state index contributed by atoms with van der Waals surface area (Å²) in [6.07, 6.45) is 0. The highest BCUT2D eigenvalue weighted by molar-refractivity contribution is 5.93. The minimum atomic E-state index is -0.197. The maximum absolute atomic E-state index is 12.7. The van der Waals surface area contributed by atoms with Crippen molar-refractivity contribution in [2.75, 3.05) is 0 Å². The SMILES string of the molecule is Cc1cccc(C)c1C(C)NC(=O)c1nnn(Cc2ccccc2)c1C. The van der Waals surface area contributed by atoms with Crippen molar-refractivity contribution in [2.24, 2.45) is 0 Å². The molecule has 1 heterocycles. The molecular weight excluding hydrogens is 324 g/mol. The molecule has 1 aromatic heterocycles. The van der Waals surface area contributed by atoms with Gasteiger partial charge in [-0.05, 0) is 49.9 Å². The zero-order valence-corrected chi connectivity index (χ0v) is 15.7. The maximum Gasteiger partial charge on any atom is 0.274 e. The molecule has 26 heavy (non-hydrogen) atoms. The van der Waals surface area contributed by atoms with Gasteiger partial charge in [0.15, 0.2) is 5.69 Å². The van der Waals surface area contributed by atoms with Crippen LogP contribution in [0.5, 0.6) is 0 Å². The summed E-state index contributed by atoms with van der Waals surface area (Å²) in [6.45, 7) is 8.59. The van der Waals surface area contributed by atoms with Crippen LogP contribution in [0.15, 0.2) is 48.5 Å². The molecule has 0 aliphatic rings. The van der Waals surface area contributed by atoms with Gasteiger partial charge in [0.05, 0.1) is 18.3 Å². The molecule has 0 fully saturated rings. The molecule has 5 nitrogen and oxygen atoms in total. The van der Waals surface area contributed by atoms with Gasteiger partial charge in [-0.15, -0.1) is 5.10 Å². The van der Waals surface area contributed by atoms with E-state index in [9.17, 15) is 4.79 Å². The Labute approximate surface area is 154 Å². The van der Waals surface area contributed by atoms with Crippen molar-refractivity contribution in [2.45, 2.75) is 40.3 Å². The molecule has 0 radical (unpaired) electrons. The van der Waals surface area contributed by atoms with Gasteiger partial charge >= 0.3 is 0 Å². The Balaban J connectivity index is 1.76. The third-order valence-electron chi connectivity index (χ3n) is 4.70. The number of aromatic nitrogens is 3. The first-order valence-corrected chi connectivity index (χ1v) is 8.78. The number of nitrogens with one attached hydrogen (secondary N) is 1. The number of hydrogen-bond acceptors (Lipinski definition) is 3. The van der Waals surface area contributed by atoms with Crippen LogP contribution in [0.4, 0.5) is 0 Å². The Morgan fingerprint density at radius 2 is 1.69 bits per heavy atom. The summed E-state index contributed by atoms with van der Waals surface area (Å²) >= 11 is 0. The summed E-state index contributed by atoms with van der Waals surface area (Å²) in [7, 11) is 0. The zero-order valence-electron chi connectivity index (χ0n) is 15.7. The zero-order chi connectivity index (χ0) is 18.7. The fourth-order valence-electron chi connectivity index (χ4n) is 3.32. The van der Waals surface area contributed by atoms with E-state index in [0.29, 0.717) is 12.2 Å². The highest BCUT2D eigenvalue weighted by Gasteiger charge is 2.20. The molecule has 5 heteroatoms. The molecule has 1 N–H and O–H groups in total. The summed E-state index contributed by atoms with van der Waals surface area (Å²) in [6, 6.07) is 16.1. The highest BCUT2D eigenvalue weighted by atomic mass is 16.2. The fraction of sp³-hybridized carbons (Fsp3) is 0.286. The van der Waals surface area contributed by atoms with E-state index in [1.54, 1.807) is 4.68 Å². The quantitative estimate of drug-likeness (QED) is 0.764. The van der Waals surface area contributed by atoms with Crippen LogP contribution in [0.2, 0.25) is 0 Å². The molecule has 0 bridgehead atoms. The van der Waals surface area contributed by atoms with E-state index in [-0.39, 0.29) is 11.9 Å². The minimum absolute atomic E-state index is 0.0950. The van der Waals surface area contributed by atoms with Gasteiger partial charge in [-0.1, -0.05) is 53.7 Å². The number of rotatable bonds is 5. The van der Waals surface area contributed by atoms with Gasteiger partial charge in [-0.3, -0.25) is 4.79 Å². The number of benzene rings is 2. The van der Waals surface area contributed by atoms with Crippen LogP contribution in [-0.4, -0.2) is 20.9 Å². The van der Waals surface area contributed by atoms with Crippen LogP contribution in [0.25, 0.3) is 0 Å². The lowest BCUT2D eigenvalue weighted by Crippen LogP contribution is -2.28. The van der Waals surface area contributed by atoms with Gasteiger partial charge in [-0.25, -0.2) is 4.68 Å². The summed E-state index contributed by atoms with van der Waals surface area (Å²) in [5.74, 6) is -0.197. The predicted octanol–water partition coefficient (Wildman–Crippen LogP) is 3.74. The molecule has 3 rings (SSSR count). The molecule has 0 aliphatic carbocycles. The van der Waals surface area contributed by atoms with Gasteiger partial charge in [0, 0.05) is 0 Å². The van der Waals surface area contributed by atoms with Crippen LogP contribution in [0, 0.1) is 20.8 Å². The average Bonchev–Trinajstić information content (AvgIpc) is 2.96. The van der Waals surface area contributed by atoms with Gasteiger partial charge in [0.2, 0.25) is 0 Å². The second-order valence-electron chi connectivity index (χ2n) is 6.67. The van der Waals surface area contributed by atoms with E-state index in [1.165, 1.54) is 11.1 Å². The van der Waals surface area contributed by atoms with Crippen LogP contribution >= 0.6 is 0 Å². The first-order chi connectivity index (χ1) is 12.5. The summed E-state index contributed by atoms with van der Waals surface area (Å²) in [5, 5.41) is 11.3. The van der Waals surface area contributed by atoms with E-state index >= 15 is 0 Å². The fourth-order valence-corrected chi connectivity index (χ4v) is 3.32. The monoisotopic (exact) mass is 348 g/mol. The largest absolute Gasteiger partial charge is 0.344 e. The molecule has 1 atom stereocenters. The summed E-state index contributed by atoms with van der Waals surface area (Å²) < 4.78 is 1.76. The van der Waals surface area contributed by atoms with Crippen molar-refractivity contribution >= 4 is 5.91 Å². The molecule has 3 aromatic rings. The number of aryl methyl sites for hydroxylation is 2. The normalized spacial score (nSPS) is 12.0. The number of carbonyl (C=O) groups excluding carboxylic acids is 1. The highest BCUT2D eigenvalue weighted by Crippen LogP contribution is 2.22. The summed E-state index contributed by atoms with van der Waals surface area (Å²) in [5.41, 5.74) is 5.75. The van der Waals surface area contributed by atoms with E-state index in [1.807, 2.05) is 50.2 Å². The number of carbonyl (C=O) groups is 1. The Morgan fingerprint density at radius 3 is 2.35 bits per heavy atom. The standard InChI is InChI=1S/C21H24N4O/c1-14-9-8-10-15(2)19(14)16(3)22-21(26)20-17(4)25(24-23-20)13-18-11-6-5-7-12-18/h5-12,16H,13H2,1-4H3,(H,22,26). The van der Waals surface area contributed by atoms with E-state index < -0.39 is 0 Å². The lowest BCUT2D eigenvalue weighted by molar-refractivity contribution is 0.0934. The third kappa shape index (κ3) is 3.67. The molecule has 0 aliphatic heterocycles. The van der Waals surface area contributed by atoms with Gasteiger partial charge in [0.1, 0.15) is 0 Å². The van der Waals surface area contributed by atoms with E-state index in [2.05, 4.69) is 41.6 Å². The molecule has 134 valence electrons. The molecule has 1 unspecified atom stereocenters. The Kier molecular flexibility index (Phi) is 5.16. The topological polar surface area (TPSA) is 59.8 Å². The van der Waals surface area contributed by atoms with Crippen LogP contribution in [0.3, 0.4) is 0 Å². The van der Waals surface area contributed by atoms with Crippen molar-refractivity contribution in [3.63, 3.8) is 0 Å². The van der Waals surface area contributed by atoms with E-state index in [4.69, 9.17) is 0 Å². The average molecular weight is 348 g/mol. The third-order valence-corrected chi connectivity index (χ3v) is 4.70. The molecule has 1 amide bonds. The predicted molar refractivity (Wildman–Crippen MR) is 102 cm³/mol. The molecule has 2 aromatic carbocycles. The minimum Gasteiger partial charge on any atom is -0.344 e. The van der Waals surface area contributed by atoms with Gasteiger partial charge in [0.25, 0.3) is 5.91 Å². The molecular formula is C21H24N4O. The van der Waals surface area contributed by atoms with Crippen molar-refractivity contribution in [1.82, 2.24) is 20.3 Å². The van der Waals surface area contributed by atoms with Gasteiger partial charge < -0.3 is 5.32 Å². The van der Waals surface area contributed by atoms with Crippen molar-refractivity contribution < 1.29 is 4.79 Å². The van der Waals surface area contributed by atoms with Crippen LogP contribution < -0.4 is 5.32 Å². The Bertz CT molecular complexity index is 895. The molecule has 0 saturated heterocycles.